The Morgan fingerprint density at radius 1 is 0.688 bits per heavy atom. The Bertz CT molecular complexity index is 129. The van der Waals surface area contributed by atoms with Crippen molar-refractivity contribution < 1.29 is 10.2 Å². The number of guanidine groups is 1. The summed E-state index contributed by atoms with van der Waals surface area (Å²) in [7, 11) is 0. The van der Waals surface area contributed by atoms with Gasteiger partial charge in [0.05, 0.1) is 0 Å². The van der Waals surface area contributed by atoms with Crippen molar-refractivity contribution in [2.75, 3.05) is 13.2 Å². The summed E-state index contributed by atoms with van der Waals surface area (Å²) in [4.78, 5) is 0. The molecule has 0 radical (unpaired) electrons. The molecule has 0 amide bonds. The van der Waals surface area contributed by atoms with Gasteiger partial charge in [0, 0.05) is 13.2 Å². The molecule has 0 aromatic carbocycles. The van der Waals surface area contributed by atoms with Gasteiger partial charge in [-0.05, 0) is 12.8 Å². The topological polar surface area (TPSA) is 116 Å². The maximum atomic E-state index is 8.51. The summed E-state index contributed by atoms with van der Waals surface area (Å²) in [5, 5.41) is 23.1. The van der Waals surface area contributed by atoms with Crippen LogP contribution in [-0.4, -0.2) is 29.4 Å². The molecule has 5 heteroatoms. The minimum atomic E-state index is -0.333. The van der Waals surface area contributed by atoms with E-state index in [1.165, 1.54) is 25.7 Å². The lowest BCUT2D eigenvalue weighted by Gasteiger charge is -1.99. The molecule has 0 fully saturated rings. The molecular weight excluding hydrogens is 206 g/mol. The van der Waals surface area contributed by atoms with Crippen molar-refractivity contribution in [2.45, 2.75) is 51.4 Å². The third kappa shape index (κ3) is 29.2. The SMILES string of the molecule is N=C(N)N.OCCCCCCCCCCO. The number of hydrogen-bond acceptors (Lipinski definition) is 3. The third-order valence-corrected chi connectivity index (χ3v) is 2.07. The second-order valence-corrected chi connectivity index (χ2v) is 3.73. The van der Waals surface area contributed by atoms with E-state index in [0.717, 1.165) is 25.7 Å². The van der Waals surface area contributed by atoms with E-state index in [0.29, 0.717) is 13.2 Å². The van der Waals surface area contributed by atoms with Crippen LogP contribution in [-0.2, 0) is 0 Å². The third-order valence-electron chi connectivity index (χ3n) is 2.07. The van der Waals surface area contributed by atoms with Crippen LogP contribution in [0.5, 0.6) is 0 Å². The van der Waals surface area contributed by atoms with Crippen LogP contribution < -0.4 is 11.5 Å². The normalized spacial score (nSPS) is 9.38. The molecule has 0 aliphatic carbocycles. The minimum absolute atomic E-state index is 0.333. The van der Waals surface area contributed by atoms with Crippen molar-refractivity contribution in [1.82, 2.24) is 0 Å². The zero-order valence-corrected chi connectivity index (χ0v) is 10.1. The van der Waals surface area contributed by atoms with E-state index in [-0.39, 0.29) is 5.96 Å². The number of aliphatic hydroxyl groups is 2. The Kier molecular flexibility index (Phi) is 18.3. The van der Waals surface area contributed by atoms with E-state index < -0.39 is 0 Å². The van der Waals surface area contributed by atoms with Crippen molar-refractivity contribution in [3.63, 3.8) is 0 Å². The first-order chi connectivity index (χ1) is 7.65. The van der Waals surface area contributed by atoms with E-state index in [4.69, 9.17) is 15.6 Å². The molecule has 0 bridgehead atoms. The molecule has 0 saturated carbocycles. The summed E-state index contributed by atoms with van der Waals surface area (Å²) >= 11 is 0. The quantitative estimate of drug-likeness (QED) is 0.231. The number of aliphatic hydroxyl groups excluding tert-OH is 2. The first-order valence-electron chi connectivity index (χ1n) is 5.96. The molecule has 0 aromatic heterocycles. The molecule has 0 rings (SSSR count). The molecule has 7 N–H and O–H groups in total. The summed E-state index contributed by atoms with van der Waals surface area (Å²) in [5.74, 6) is -0.333. The number of rotatable bonds is 9. The van der Waals surface area contributed by atoms with Crippen LogP contribution in [0.15, 0.2) is 0 Å². The van der Waals surface area contributed by atoms with Gasteiger partial charge in [0.15, 0.2) is 5.96 Å². The highest BCUT2D eigenvalue weighted by Crippen LogP contribution is 2.07. The van der Waals surface area contributed by atoms with Crippen LogP contribution >= 0.6 is 0 Å². The largest absolute Gasteiger partial charge is 0.396 e. The maximum absolute atomic E-state index is 8.51. The summed E-state index contributed by atoms with van der Waals surface area (Å²) < 4.78 is 0. The highest BCUT2D eigenvalue weighted by atomic mass is 16.3. The second kappa shape index (κ2) is 16.6. The molecule has 0 saturated heterocycles. The maximum Gasteiger partial charge on any atom is 0.183 e. The number of nitrogens with two attached hydrogens (primary N) is 2. The van der Waals surface area contributed by atoms with Crippen LogP contribution in [0.25, 0.3) is 0 Å². The lowest BCUT2D eigenvalue weighted by molar-refractivity contribution is 0.279. The Morgan fingerprint density at radius 3 is 1.06 bits per heavy atom. The fourth-order valence-corrected chi connectivity index (χ4v) is 1.28. The smallest absolute Gasteiger partial charge is 0.183 e. The molecule has 0 unspecified atom stereocenters. The van der Waals surface area contributed by atoms with E-state index >= 15 is 0 Å². The first-order valence-corrected chi connectivity index (χ1v) is 5.96. The molecule has 5 nitrogen and oxygen atoms in total. The van der Waals surface area contributed by atoms with E-state index in [9.17, 15) is 0 Å². The van der Waals surface area contributed by atoms with Gasteiger partial charge < -0.3 is 21.7 Å². The molecule has 0 spiro atoms. The van der Waals surface area contributed by atoms with Gasteiger partial charge in [-0.25, -0.2) is 0 Å². The van der Waals surface area contributed by atoms with Gasteiger partial charge in [0.2, 0.25) is 0 Å². The lowest BCUT2D eigenvalue weighted by Crippen LogP contribution is -2.20. The van der Waals surface area contributed by atoms with Crippen molar-refractivity contribution >= 4 is 5.96 Å². The average Bonchev–Trinajstić information content (AvgIpc) is 2.21. The van der Waals surface area contributed by atoms with Gasteiger partial charge in [0.1, 0.15) is 0 Å². The molecular formula is C11H27N3O2. The van der Waals surface area contributed by atoms with Crippen molar-refractivity contribution in [1.29, 1.82) is 5.41 Å². The Hall–Kier alpha value is -0.810. The average molecular weight is 233 g/mol. The predicted octanol–water partition coefficient (Wildman–Crippen LogP) is 0.930. The molecule has 98 valence electrons. The van der Waals surface area contributed by atoms with E-state index in [2.05, 4.69) is 11.5 Å². The van der Waals surface area contributed by atoms with Crippen molar-refractivity contribution in [2.24, 2.45) is 11.5 Å². The molecule has 0 aliphatic rings. The highest BCUT2D eigenvalue weighted by Gasteiger charge is 1.90. The zero-order chi connectivity index (χ0) is 12.6. The molecule has 0 heterocycles. The van der Waals surface area contributed by atoms with E-state index in [1.807, 2.05) is 0 Å². The molecule has 0 aliphatic heterocycles. The van der Waals surface area contributed by atoms with Gasteiger partial charge in [-0.1, -0.05) is 38.5 Å². The van der Waals surface area contributed by atoms with Gasteiger partial charge in [0.25, 0.3) is 0 Å². The Balaban J connectivity index is 0. The number of hydrogen-bond donors (Lipinski definition) is 5. The molecule has 0 aromatic rings. The van der Waals surface area contributed by atoms with E-state index in [1.54, 1.807) is 0 Å². The monoisotopic (exact) mass is 233 g/mol. The summed E-state index contributed by atoms with van der Waals surface area (Å²) in [6, 6.07) is 0. The second-order valence-electron chi connectivity index (χ2n) is 3.73. The van der Waals surface area contributed by atoms with Gasteiger partial charge in [-0.15, -0.1) is 0 Å². The van der Waals surface area contributed by atoms with Gasteiger partial charge >= 0.3 is 0 Å². The van der Waals surface area contributed by atoms with Gasteiger partial charge in [-0.3, -0.25) is 5.41 Å². The van der Waals surface area contributed by atoms with Gasteiger partial charge in [-0.2, -0.15) is 0 Å². The minimum Gasteiger partial charge on any atom is -0.396 e. The fourth-order valence-electron chi connectivity index (χ4n) is 1.28. The zero-order valence-electron chi connectivity index (χ0n) is 10.1. The molecule has 16 heavy (non-hydrogen) atoms. The number of nitrogens with one attached hydrogen (secondary N) is 1. The van der Waals surface area contributed by atoms with Crippen molar-refractivity contribution in [3.8, 4) is 0 Å². The first kappa shape index (κ1) is 17.6. The summed E-state index contributed by atoms with van der Waals surface area (Å²) in [5.41, 5.74) is 8.94. The lowest BCUT2D eigenvalue weighted by atomic mass is 10.1. The van der Waals surface area contributed by atoms with Crippen LogP contribution in [0.4, 0.5) is 0 Å². The Morgan fingerprint density at radius 2 is 0.875 bits per heavy atom. The molecule has 0 atom stereocenters. The van der Waals surface area contributed by atoms with Crippen molar-refractivity contribution in [3.05, 3.63) is 0 Å². The summed E-state index contributed by atoms with van der Waals surface area (Å²) in [6.45, 7) is 0.676. The van der Waals surface area contributed by atoms with Crippen LogP contribution in [0.3, 0.4) is 0 Å². The number of unbranched alkanes of at least 4 members (excludes halogenated alkanes) is 7. The Labute approximate surface area is 98.3 Å². The summed E-state index contributed by atoms with van der Waals surface area (Å²) in [6.07, 6.45) is 9.30. The highest BCUT2D eigenvalue weighted by molar-refractivity contribution is 5.71. The van der Waals surface area contributed by atoms with Crippen LogP contribution in [0.2, 0.25) is 0 Å². The van der Waals surface area contributed by atoms with Crippen LogP contribution in [0.1, 0.15) is 51.4 Å². The standard InChI is InChI=1S/C10H22O2.CH5N3/c11-9-7-5-3-1-2-4-6-8-10-12;2-1(3)4/h11-12H,1-10H2;(H5,2,3,4). The van der Waals surface area contributed by atoms with Crippen LogP contribution in [0, 0.1) is 5.41 Å². The fraction of sp³-hybridized carbons (Fsp3) is 0.909. The predicted molar refractivity (Wildman–Crippen MR) is 67.2 cm³/mol.